The number of carbonyl (C=O) groups excluding carboxylic acids is 1. The molecule has 1 atom stereocenters. The average Bonchev–Trinajstić information content (AvgIpc) is 2.21. The highest BCUT2D eigenvalue weighted by Gasteiger charge is 2.27. The van der Waals surface area contributed by atoms with Gasteiger partial charge in [0.25, 0.3) is 0 Å². The lowest BCUT2D eigenvalue weighted by Gasteiger charge is -2.20. The molecule has 0 radical (unpaired) electrons. The van der Waals surface area contributed by atoms with E-state index >= 15 is 0 Å². The zero-order chi connectivity index (χ0) is 12.6. The smallest absolute Gasteiger partial charge is 0.325 e. The fourth-order valence-corrected chi connectivity index (χ4v) is 1.11. The Morgan fingerprint density at radius 1 is 1.39 bits per heavy atom. The van der Waals surface area contributed by atoms with E-state index in [0.717, 1.165) is 0 Å². The van der Waals surface area contributed by atoms with E-state index < -0.39 is 11.5 Å². The Morgan fingerprint density at radius 3 is 2.39 bits per heavy atom. The quantitative estimate of drug-likeness (QED) is 0.336. The van der Waals surface area contributed by atoms with Gasteiger partial charge in [0.15, 0.2) is 0 Å². The number of allylic oxidation sites excluding steroid dienone is 1. The number of hydrogen-bond acceptors (Lipinski definition) is 4. The molecule has 0 aromatic heterocycles. The van der Waals surface area contributed by atoms with Gasteiger partial charge in [-0.1, -0.05) is 12.2 Å². The molecule has 0 aromatic rings. The molecule has 0 amide bonds. The molecule has 5 nitrogen and oxygen atoms in total. The van der Waals surface area contributed by atoms with E-state index in [0.29, 0.717) is 25.2 Å². The van der Waals surface area contributed by atoms with Crippen molar-refractivity contribution in [2.24, 2.45) is 16.5 Å². The molecule has 0 bridgehead atoms. The van der Waals surface area contributed by atoms with Gasteiger partial charge in [-0.3, -0.25) is 9.79 Å². The van der Waals surface area contributed by atoms with Gasteiger partial charge in [0, 0.05) is 0 Å². The summed E-state index contributed by atoms with van der Waals surface area (Å²) in [5, 5.41) is 0. The van der Waals surface area contributed by atoms with Gasteiger partial charge in [0.1, 0.15) is 5.54 Å². The van der Waals surface area contributed by atoms with Crippen LogP contribution in [0.5, 0.6) is 0 Å². The number of halogens is 2. The van der Waals surface area contributed by atoms with Crippen LogP contribution < -0.4 is 11.5 Å². The molecule has 0 unspecified atom stereocenters. The highest BCUT2D eigenvalue weighted by molar-refractivity contribution is 5.85. The monoisotopic (exact) mass is 299 g/mol. The maximum atomic E-state index is 11.2. The van der Waals surface area contributed by atoms with Gasteiger partial charge < -0.3 is 16.2 Å². The van der Waals surface area contributed by atoms with E-state index in [1.165, 1.54) is 7.11 Å². The number of amidine groups is 1. The number of methoxy groups -OCH3 is 1. The van der Waals surface area contributed by atoms with Crippen LogP contribution in [0.25, 0.3) is 0 Å². The van der Waals surface area contributed by atoms with Crippen molar-refractivity contribution in [3.8, 4) is 0 Å². The Balaban J connectivity index is -0.00000112. The van der Waals surface area contributed by atoms with E-state index in [1.54, 1.807) is 13.8 Å². The van der Waals surface area contributed by atoms with Crippen LogP contribution in [0.15, 0.2) is 17.1 Å². The number of rotatable bonds is 6. The van der Waals surface area contributed by atoms with Crippen molar-refractivity contribution in [3.05, 3.63) is 12.2 Å². The number of hydrogen-bond donors (Lipinski definition) is 2. The zero-order valence-corrected chi connectivity index (χ0v) is 12.6. The molecule has 108 valence electrons. The van der Waals surface area contributed by atoms with E-state index in [2.05, 4.69) is 9.73 Å². The van der Waals surface area contributed by atoms with Crippen molar-refractivity contribution < 1.29 is 9.53 Å². The first kappa shape index (κ1) is 22.4. The lowest BCUT2D eigenvalue weighted by molar-refractivity contribution is -0.146. The summed E-state index contributed by atoms with van der Waals surface area (Å²) in [6, 6.07) is 0. The average molecular weight is 300 g/mol. The normalized spacial score (nSPS) is 14.3. The molecular weight excluding hydrogens is 277 g/mol. The Labute approximate surface area is 121 Å². The molecule has 0 spiro atoms. The van der Waals surface area contributed by atoms with Crippen molar-refractivity contribution in [1.82, 2.24) is 0 Å². The first-order valence-electron chi connectivity index (χ1n) is 5.19. The van der Waals surface area contributed by atoms with Gasteiger partial charge in [-0.05, 0) is 26.7 Å². The number of ether oxygens (including phenoxy) is 1. The molecule has 0 aliphatic carbocycles. The largest absolute Gasteiger partial charge is 0.468 e. The van der Waals surface area contributed by atoms with Crippen LogP contribution in [0.4, 0.5) is 0 Å². The third-order valence-corrected chi connectivity index (χ3v) is 2.09. The van der Waals surface area contributed by atoms with E-state index in [1.807, 2.05) is 12.2 Å². The standard InChI is InChI=1S/C11H21N3O2.2ClH/c1-9(12)14-8-6-4-5-7-11(2,13)10(15)16-3;;/h4,6H,5,7-8,13H2,1-3H3,(H2,12,14);2*1H/b6-4-;;/t11-;;/m0../s1. The van der Waals surface area contributed by atoms with Gasteiger partial charge in [-0.15, -0.1) is 24.8 Å². The van der Waals surface area contributed by atoms with E-state index in [4.69, 9.17) is 11.5 Å². The maximum absolute atomic E-state index is 11.2. The van der Waals surface area contributed by atoms with Crippen LogP contribution in [0, 0.1) is 0 Å². The van der Waals surface area contributed by atoms with Crippen LogP contribution in [-0.2, 0) is 9.53 Å². The van der Waals surface area contributed by atoms with Gasteiger partial charge >= 0.3 is 5.97 Å². The summed E-state index contributed by atoms with van der Waals surface area (Å²) in [6.45, 7) is 3.96. The van der Waals surface area contributed by atoms with Crippen LogP contribution in [-0.4, -0.2) is 31.0 Å². The Hall–Kier alpha value is -0.780. The zero-order valence-electron chi connectivity index (χ0n) is 11.0. The van der Waals surface area contributed by atoms with Gasteiger partial charge in [0.05, 0.1) is 19.5 Å². The number of nitrogens with zero attached hydrogens (tertiary/aromatic N) is 1. The highest BCUT2D eigenvalue weighted by atomic mass is 35.5. The summed E-state index contributed by atoms with van der Waals surface area (Å²) in [7, 11) is 1.34. The van der Waals surface area contributed by atoms with Crippen LogP contribution >= 0.6 is 24.8 Å². The second-order valence-corrected chi connectivity index (χ2v) is 3.90. The number of carbonyl (C=O) groups is 1. The molecule has 0 rings (SSSR count). The third kappa shape index (κ3) is 10.4. The Morgan fingerprint density at radius 2 is 1.94 bits per heavy atom. The minimum absolute atomic E-state index is 0. The van der Waals surface area contributed by atoms with Gasteiger partial charge in [-0.25, -0.2) is 0 Å². The Kier molecular flexibility index (Phi) is 14.1. The lowest BCUT2D eigenvalue weighted by Crippen LogP contribution is -2.45. The second kappa shape index (κ2) is 11.3. The van der Waals surface area contributed by atoms with Crippen molar-refractivity contribution in [1.29, 1.82) is 0 Å². The molecule has 7 heteroatoms. The molecule has 0 aliphatic heterocycles. The van der Waals surface area contributed by atoms with Gasteiger partial charge in [0.2, 0.25) is 0 Å². The maximum Gasteiger partial charge on any atom is 0.325 e. The molecule has 0 heterocycles. The predicted molar refractivity (Wildman–Crippen MR) is 79.6 cm³/mol. The summed E-state index contributed by atoms with van der Waals surface area (Å²) in [6.07, 6.45) is 5.08. The summed E-state index contributed by atoms with van der Waals surface area (Å²) in [5.41, 5.74) is 10.2. The highest BCUT2D eigenvalue weighted by Crippen LogP contribution is 2.10. The molecular formula is C11H23Cl2N3O2. The fourth-order valence-electron chi connectivity index (χ4n) is 1.11. The molecule has 18 heavy (non-hydrogen) atoms. The molecule has 0 aliphatic rings. The minimum atomic E-state index is -0.924. The van der Waals surface area contributed by atoms with E-state index in [-0.39, 0.29) is 24.8 Å². The van der Waals surface area contributed by atoms with Crippen LogP contribution in [0.3, 0.4) is 0 Å². The van der Waals surface area contributed by atoms with Crippen molar-refractivity contribution in [2.75, 3.05) is 13.7 Å². The van der Waals surface area contributed by atoms with E-state index in [9.17, 15) is 4.79 Å². The number of aliphatic imine (C=N–C) groups is 1. The van der Waals surface area contributed by atoms with Gasteiger partial charge in [-0.2, -0.15) is 0 Å². The van der Waals surface area contributed by atoms with Crippen LogP contribution in [0.1, 0.15) is 26.7 Å². The third-order valence-electron chi connectivity index (χ3n) is 2.09. The molecule has 0 aromatic carbocycles. The summed E-state index contributed by atoms with van der Waals surface area (Å²) in [5.74, 6) is 0.166. The first-order chi connectivity index (χ1) is 7.40. The molecule has 4 N–H and O–H groups in total. The molecule has 0 saturated carbocycles. The summed E-state index contributed by atoms with van der Waals surface area (Å²) >= 11 is 0. The van der Waals surface area contributed by atoms with Crippen LogP contribution in [0.2, 0.25) is 0 Å². The number of esters is 1. The second-order valence-electron chi connectivity index (χ2n) is 3.90. The fraction of sp³-hybridized carbons (Fsp3) is 0.636. The molecule has 0 saturated heterocycles. The topological polar surface area (TPSA) is 90.7 Å². The van der Waals surface area contributed by atoms with Crippen molar-refractivity contribution >= 4 is 36.6 Å². The van der Waals surface area contributed by atoms with Crippen molar-refractivity contribution in [2.45, 2.75) is 32.2 Å². The van der Waals surface area contributed by atoms with Crippen molar-refractivity contribution in [3.63, 3.8) is 0 Å². The summed E-state index contributed by atoms with van der Waals surface area (Å²) in [4.78, 5) is 15.2. The summed E-state index contributed by atoms with van der Waals surface area (Å²) < 4.78 is 4.60. The SMILES string of the molecule is COC(=O)[C@@](C)(N)CC/C=C\CN=C(C)N.Cl.Cl. The minimum Gasteiger partial charge on any atom is -0.468 e. The predicted octanol–water partition coefficient (Wildman–Crippen LogP) is 1.43. The number of nitrogens with two attached hydrogens (primary N) is 2. The first-order valence-corrected chi connectivity index (χ1v) is 5.19. The molecule has 0 fully saturated rings. The Bertz CT molecular complexity index is 288. The lowest BCUT2D eigenvalue weighted by atomic mass is 9.97.